The highest BCUT2D eigenvalue weighted by molar-refractivity contribution is 5.85. The van der Waals surface area contributed by atoms with Crippen LogP contribution in [0.3, 0.4) is 0 Å². The molecule has 0 saturated carbocycles. The maximum Gasteiger partial charge on any atom is 0.330 e. The predicted molar refractivity (Wildman–Crippen MR) is 56.2 cm³/mol. The van der Waals surface area contributed by atoms with Gasteiger partial charge in [-0.15, -0.1) is 12.4 Å². The zero-order valence-corrected chi connectivity index (χ0v) is 9.26. The van der Waals surface area contributed by atoms with Crippen molar-refractivity contribution in [2.24, 2.45) is 0 Å². The molecule has 0 aromatic heterocycles. The number of allylic oxidation sites excluding steroid dienone is 1. The van der Waals surface area contributed by atoms with Crippen molar-refractivity contribution in [3.05, 3.63) is 12.2 Å². The van der Waals surface area contributed by atoms with Crippen molar-refractivity contribution in [3.63, 3.8) is 0 Å². The molecule has 0 aliphatic rings. The van der Waals surface area contributed by atoms with Gasteiger partial charge in [0.15, 0.2) is 0 Å². The minimum Gasteiger partial charge on any atom is -0.462 e. The Balaban J connectivity index is 0. The van der Waals surface area contributed by atoms with Gasteiger partial charge in [0.1, 0.15) is 0 Å². The summed E-state index contributed by atoms with van der Waals surface area (Å²) in [4.78, 5) is 12.8. The number of esters is 1. The highest BCUT2D eigenvalue weighted by Gasteiger charge is 1.95. The molecule has 0 aliphatic carbocycles. The first-order chi connectivity index (χ1) is 5.66. The normalized spacial score (nSPS) is 10.2. The van der Waals surface area contributed by atoms with Crippen LogP contribution in [0.15, 0.2) is 12.2 Å². The van der Waals surface area contributed by atoms with Crippen molar-refractivity contribution >= 4 is 18.4 Å². The van der Waals surface area contributed by atoms with Crippen molar-refractivity contribution in [1.82, 2.24) is 4.90 Å². The molecule has 0 atom stereocenters. The van der Waals surface area contributed by atoms with Crippen molar-refractivity contribution in [3.8, 4) is 0 Å². The van der Waals surface area contributed by atoms with Gasteiger partial charge in [-0.25, -0.2) is 4.79 Å². The molecule has 0 unspecified atom stereocenters. The number of halogens is 1. The molecule has 0 saturated heterocycles. The second kappa shape index (κ2) is 9.55. The third-order valence-electron chi connectivity index (χ3n) is 1.30. The Morgan fingerprint density at radius 2 is 2.08 bits per heavy atom. The standard InChI is InChI=1S/C9H17NO2.ClH/c1-4-6-9(11)12-8-5-7-10(2)3;/h4,6H,5,7-8H2,1-3H3;1H. The Morgan fingerprint density at radius 1 is 1.46 bits per heavy atom. The van der Waals surface area contributed by atoms with Gasteiger partial charge in [-0.3, -0.25) is 0 Å². The largest absolute Gasteiger partial charge is 0.462 e. The van der Waals surface area contributed by atoms with Crippen molar-refractivity contribution in [2.45, 2.75) is 13.3 Å². The van der Waals surface area contributed by atoms with E-state index in [2.05, 4.69) is 4.90 Å². The maximum absolute atomic E-state index is 10.8. The molecule has 4 heteroatoms. The van der Waals surface area contributed by atoms with E-state index in [-0.39, 0.29) is 18.4 Å². The molecule has 0 aliphatic heterocycles. The van der Waals surface area contributed by atoms with E-state index in [4.69, 9.17) is 4.74 Å². The second-order valence-corrected chi connectivity index (χ2v) is 2.82. The molecule has 0 rings (SSSR count). The summed E-state index contributed by atoms with van der Waals surface area (Å²) in [6, 6.07) is 0. The Hall–Kier alpha value is -0.540. The third kappa shape index (κ3) is 11.5. The summed E-state index contributed by atoms with van der Waals surface area (Å²) in [5.41, 5.74) is 0. The minimum absolute atomic E-state index is 0. The summed E-state index contributed by atoms with van der Waals surface area (Å²) in [7, 11) is 3.99. The molecule has 0 amide bonds. The van der Waals surface area contributed by atoms with Crippen molar-refractivity contribution < 1.29 is 9.53 Å². The average molecular weight is 208 g/mol. The van der Waals surface area contributed by atoms with Crippen molar-refractivity contribution in [2.75, 3.05) is 27.2 Å². The van der Waals surface area contributed by atoms with E-state index in [0.717, 1.165) is 13.0 Å². The van der Waals surface area contributed by atoms with Gasteiger partial charge in [0.2, 0.25) is 0 Å². The number of carbonyl (C=O) groups excluding carboxylic acids is 1. The smallest absolute Gasteiger partial charge is 0.330 e. The summed E-state index contributed by atoms with van der Waals surface area (Å²) in [5, 5.41) is 0. The number of carbonyl (C=O) groups is 1. The molecule has 13 heavy (non-hydrogen) atoms. The number of hydrogen-bond acceptors (Lipinski definition) is 3. The Bertz CT molecular complexity index is 158. The molecule has 78 valence electrons. The predicted octanol–water partition coefficient (Wildman–Crippen LogP) is 1.48. The van der Waals surface area contributed by atoms with Crippen LogP contribution in [0.4, 0.5) is 0 Å². The van der Waals surface area contributed by atoms with Gasteiger partial charge < -0.3 is 9.64 Å². The van der Waals surface area contributed by atoms with Gasteiger partial charge in [0.25, 0.3) is 0 Å². The van der Waals surface area contributed by atoms with E-state index in [1.165, 1.54) is 6.08 Å². The molecule has 0 N–H and O–H groups in total. The molecule has 0 spiro atoms. The zero-order chi connectivity index (χ0) is 9.40. The number of nitrogens with zero attached hydrogens (tertiary/aromatic N) is 1. The summed E-state index contributed by atoms with van der Waals surface area (Å²) in [6.07, 6.45) is 3.99. The van der Waals surface area contributed by atoms with Crippen LogP contribution in [0, 0.1) is 0 Å². The summed E-state index contributed by atoms with van der Waals surface area (Å²) in [5.74, 6) is -0.253. The lowest BCUT2D eigenvalue weighted by Gasteiger charge is -2.08. The van der Waals surface area contributed by atoms with E-state index in [1.807, 2.05) is 14.1 Å². The van der Waals surface area contributed by atoms with E-state index in [9.17, 15) is 4.79 Å². The Kier molecular flexibility index (Phi) is 11.0. The highest BCUT2D eigenvalue weighted by Crippen LogP contribution is 1.87. The summed E-state index contributed by atoms with van der Waals surface area (Å²) < 4.78 is 4.88. The van der Waals surface area contributed by atoms with Gasteiger partial charge in [0, 0.05) is 12.6 Å². The number of ether oxygens (including phenoxy) is 1. The van der Waals surface area contributed by atoms with Crippen LogP contribution in [0.25, 0.3) is 0 Å². The number of hydrogen-bond donors (Lipinski definition) is 0. The van der Waals surface area contributed by atoms with E-state index in [0.29, 0.717) is 6.61 Å². The van der Waals surface area contributed by atoms with E-state index >= 15 is 0 Å². The first-order valence-corrected chi connectivity index (χ1v) is 4.11. The van der Waals surface area contributed by atoms with Crippen LogP contribution in [0.5, 0.6) is 0 Å². The molecule has 0 heterocycles. The van der Waals surface area contributed by atoms with Crippen LogP contribution < -0.4 is 0 Å². The molecule has 0 aromatic rings. The zero-order valence-electron chi connectivity index (χ0n) is 8.45. The lowest BCUT2D eigenvalue weighted by molar-refractivity contribution is -0.137. The van der Waals surface area contributed by atoms with Crippen molar-refractivity contribution in [1.29, 1.82) is 0 Å². The van der Waals surface area contributed by atoms with Gasteiger partial charge in [-0.1, -0.05) is 6.08 Å². The topological polar surface area (TPSA) is 29.5 Å². The monoisotopic (exact) mass is 207 g/mol. The lowest BCUT2D eigenvalue weighted by Crippen LogP contribution is -2.15. The molecule has 0 aromatic carbocycles. The Morgan fingerprint density at radius 3 is 2.54 bits per heavy atom. The third-order valence-corrected chi connectivity index (χ3v) is 1.30. The average Bonchev–Trinajstić information content (AvgIpc) is 1.98. The molecule has 3 nitrogen and oxygen atoms in total. The fraction of sp³-hybridized carbons (Fsp3) is 0.667. The van der Waals surface area contributed by atoms with E-state index in [1.54, 1.807) is 13.0 Å². The van der Waals surface area contributed by atoms with Crippen LogP contribution in [-0.2, 0) is 9.53 Å². The van der Waals surface area contributed by atoms with Crippen LogP contribution >= 0.6 is 12.4 Å². The minimum atomic E-state index is -0.253. The highest BCUT2D eigenvalue weighted by atomic mass is 35.5. The van der Waals surface area contributed by atoms with E-state index < -0.39 is 0 Å². The van der Waals surface area contributed by atoms with Gasteiger partial charge >= 0.3 is 5.97 Å². The number of rotatable bonds is 5. The molecule has 0 radical (unpaired) electrons. The van der Waals surface area contributed by atoms with Crippen LogP contribution in [0.1, 0.15) is 13.3 Å². The van der Waals surface area contributed by atoms with Gasteiger partial charge in [-0.05, 0) is 27.4 Å². The van der Waals surface area contributed by atoms with Gasteiger partial charge in [0.05, 0.1) is 6.61 Å². The van der Waals surface area contributed by atoms with Crippen LogP contribution in [-0.4, -0.2) is 38.1 Å². The first kappa shape index (κ1) is 15.0. The molecular formula is C9H18ClNO2. The quantitative estimate of drug-likeness (QED) is 0.389. The summed E-state index contributed by atoms with van der Waals surface area (Å²) in [6.45, 7) is 3.24. The van der Waals surface area contributed by atoms with Gasteiger partial charge in [-0.2, -0.15) is 0 Å². The first-order valence-electron chi connectivity index (χ1n) is 4.11. The fourth-order valence-electron chi connectivity index (χ4n) is 0.738. The maximum atomic E-state index is 10.8. The lowest BCUT2D eigenvalue weighted by atomic mass is 10.4. The fourth-order valence-corrected chi connectivity index (χ4v) is 0.738. The molecule has 0 bridgehead atoms. The van der Waals surface area contributed by atoms with Crippen LogP contribution in [0.2, 0.25) is 0 Å². The Labute approximate surface area is 86.2 Å². The second-order valence-electron chi connectivity index (χ2n) is 2.82. The summed E-state index contributed by atoms with van der Waals surface area (Å²) >= 11 is 0. The SMILES string of the molecule is CC=CC(=O)OCCCN(C)C.Cl. The molecular weight excluding hydrogens is 190 g/mol. The molecule has 0 fully saturated rings.